The molecule has 0 aliphatic heterocycles. The van der Waals surface area contributed by atoms with E-state index in [0.29, 0.717) is 11.3 Å². The molecule has 2 aliphatic rings. The third-order valence-corrected chi connectivity index (χ3v) is 6.62. The summed E-state index contributed by atoms with van der Waals surface area (Å²) in [7, 11) is 0. The van der Waals surface area contributed by atoms with Gasteiger partial charge in [-0.15, -0.1) is 5.92 Å². The zero-order valence-electron chi connectivity index (χ0n) is 17.5. The number of ether oxygens (including phenoxy) is 1. The van der Waals surface area contributed by atoms with Crippen LogP contribution >= 0.6 is 0 Å². The van der Waals surface area contributed by atoms with Crippen LogP contribution in [-0.4, -0.2) is 12.6 Å². The van der Waals surface area contributed by atoms with Gasteiger partial charge in [0.25, 0.3) is 0 Å². The summed E-state index contributed by atoms with van der Waals surface area (Å²) >= 11 is 0. The van der Waals surface area contributed by atoms with E-state index in [9.17, 15) is 9.90 Å². The molecule has 28 heavy (non-hydrogen) atoms. The van der Waals surface area contributed by atoms with Gasteiger partial charge in [0.1, 0.15) is 5.75 Å². The van der Waals surface area contributed by atoms with E-state index in [1.807, 2.05) is 24.3 Å². The van der Waals surface area contributed by atoms with E-state index in [1.54, 1.807) is 6.92 Å². The first-order chi connectivity index (χ1) is 13.1. The maximum atomic E-state index is 10.9. The van der Waals surface area contributed by atoms with Crippen LogP contribution in [0.4, 0.5) is 0 Å². The number of carboxylic acids is 1. The van der Waals surface area contributed by atoms with Crippen molar-refractivity contribution in [3.05, 3.63) is 29.8 Å². The Morgan fingerprint density at radius 3 is 2.39 bits per heavy atom. The third kappa shape index (κ3) is 6.02. The minimum absolute atomic E-state index is 0. The first-order valence-corrected chi connectivity index (χ1v) is 10.5. The average molecular weight is 390 g/mol. The van der Waals surface area contributed by atoms with Crippen LogP contribution in [0.3, 0.4) is 0 Å². The fourth-order valence-electron chi connectivity index (χ4n) is 5.14. The predicted molar refractivity (Wildman–Crippen MR) is 105 cm³/mol. The predicted octanol–water partition coefficient (Wildman–Crippen LogP) is 1.46. The summed E-state index contributed by atoms with van der Waals surface area (Å²) in [5, 5.41) is 10.9. The first kappa shape index (κ1) is 23.3. The normalized spacial score (nSPS) is 21.7. The van der Waals surface area contributed by atoms with E-state index in [2.05, 4.69) is 11.8 Å². The minimum atomic E-state index is -1.07. The van der Waals surface area contributed by atoms with Gasteiger partial charge in [0.15, 0.2) is 0 Å². The maximum absolute atomic E-state index is 10.9. The Bertz CT molecular complexity index is 672. The molecule has 4 heteroatoms. The van der Waals surface area contributed by atoms with Gasteiger partial charge in [0.2, 0.25) is 0 Å². The van der Waals surface area contributed by atoms with Gasteiger partial charge in [0.05, 0.1) is 12.5 Å². The van der Waals surface area contributed by atoms with E-state index >= 15 is 0 Å². The van der Waals surface area contributed by atoms with Crippen LogP contribution in [0.5, 0.6) is 5.75 Å². The molecule has 0 heterocycles. The van der Waals surface area contributed by atoms with Gasteiger partial charge in [-0.25, -0.2) is 0 Å². The molecule has 1 aromatic carbocycles. The smallest absolute Gasteiger partial charge is 0.550 e. The molecule has 0 aromatic heterocycles. The molecule has 146 valence electrons. The Morgan fingerprint density at radius 1 is 1.14 bits per heavy atom. The minimum Gasteiger partial charge on any atom is -0.550 e. The molecule has 1 unspecified atom stereocenters. The van der Waals surface area contributed by atoms with Crippen LogP contribution in [0.1, 0.15) is 82.6 Å². The SMILES string of the molecule is CC#C[C@@H](CC(=O)[O-])c1ccc(OCC2CCCCC23CCCCC3)cc1.[Na+]. The van der Waals surface area contributed by atoms with Crippen LogP contribution < -0.4 is 39.4 Å². The molecule has 1 aromatic rings. The maximum Gasteiger partial charge on any atom is 1.00 e. The molecule has 3 rings (SSSR count). The molecule has 0 saturated heterocycles. The molecular formula is C24H31NaO3. The second kappa shape index (κ2) is 11.3. The molecule has 2 saturated carbocycles. The Balaban J connectivity index is 0.00000280. The van der Waals surface area contributed by atoms with E-state index < -0.39 is 5.97 Å². The molecule has 2 fully saturated rings. The van der Waals surface area contributed by atoms with Crippen molar-refractivity contribution >= 4 is 5.97 Å². The number of hydrogen-bond acceptors (Lipinski definition) is 3. The fraction of sp³-hybridized carbons (Fsp3) is 0.625. The van der Waals surface area contributed by atoms with Crippen molar-refractivity contribution in [2.75, 3.05) is 6.61 Å². The van der Waals surface area contributed by atoms with Crippen molar-refractivity contribution in [2.24, 2.45) is 11.3 Å². The molecule has 0 radical (unpaired) electrons. The third-order valence-electron chi connectivity index (χ3n) is 6.62. The zero-order valence-corrected chi connectivity index (χ0v) is 19.5. The molecule has 0 bridgehead atoms. The van der Waals surface area contributed by atoms with Crippen LogP contribution in [0.15, 0.2) is 24.3 Å². The van der Waals surface area contributed by atoms with Crippen molar-refractivity contribution in [3.63, 3.8) is 0 Å². The van der Waals surface area contributed by atoms with Crippen LogP contribution in [0.25, 0.3) is 0 Å². The van der Waals surface area contributed by atoms with Gasteiger partial charge in [-0.2, -0.15) is 0 Å². The standard InChI is InChI=1S/C24H32O3.Na/c1-2-8-20(17-23(25)26)19-10-12-22(13-11-19)27-18-21-9-4-7-16-24(21)14-5-3-6-15-24;/h10-13,20-21H,3-7,9,14-18H2,1H3,(H,25,26);/q;+1/p-1/t20-,21?;/m0./s1. The Labute approximate surface area is 191 Å². The van der Waals surface area contributed by atoms with Crippen LogP contribution in [0, 0.1) is 23.2 Å². The second-order valence-electron chi connectivity index (χ2n) is 8.27. The number of carbonyl (C=O) groups is 1. The molecule has 2 aliphatic carbocycles. The molecule has 1 spiro atoms. The van der Waals surface area contributed by atoms with E-state index in [1.165, 1.54) is 57.8 Å². The Morgan fingerprint density at radius 2 is 1.79 bits per heavy atom. The number of carboxylic acid groups (broad SMARTS) is 1. The van der Waals surface area contributed by atoms with Crippen molar-refractivity contribution < 1.29 is 44.2 Å². The fourth-order valence-corrected chi connectivity index (χ4v) is 5.14. The van der Waals surface area contributed by atoms with Crippen molar-refractivity contribution in [1.82, 2.24) is 0 Å². The number of hydrogen-bond donors (Lipinski definition) is 0. The summed E-state index contributed by atoms with van der Waals surface area (Å²) in [6.07, 6.45) is 12.2. The summed E-state index contributed by atoms with van der Waals surface area (Å²) in [6.45, 7) is 2.53. The van der Waals surface area contributed by atoms with Crippen molar-refractivity contribution in [3.8, 4) is 17.6 Å². The van der Waals surface area contributed by atoms with E-state index in [-0.39, 0.29) is 41.9 Å². The van der Waals surface area contributed by atoms with E-state index in [4.69, 9.17) is 4.74 Å². The Hall–Kier alpha value is -0.950. The molecule has 2 atom stereocenters. The van der Waals surface area contributed by atoms with Crippen molar-refractivity contribution in [2.45, 2.75) is 77.0 Å². The van der Waals surface area contributed by atoms with Gasteiger partial charge < -0.3 is 14.6 Å². The first-order valence-electron chi connectivity index (χ1n) is 10.5. The molecule has 3 nitrogen and oxygen atoms in total. The number of rotatable bonds is 6. The topological polar surface area (TPSA) is 49.4 Å². The summed E-state index contributed by atoms with van der Waals surface area (Å²) in [5.41, 5.74) is 1.43. The van der Waals surface area contributed by atoms with Gasteiger partial charge in [-0.05, 0) is 61.6 Å². The second-order valence-corrected chi connectivity index (χ2v) is 8.27. The van der Waals surface area contributed by atoms with Gasteiger partial charge in [0, 0.05) is 12.4 Å². The largest absolute Gasteiger partial charge is 1.00 e. The van der Waals surface area contributed by atoms with E-state index in [0.717, 1.165) is 17.9 Å². The van der Waals surface area contributed by atoms with Crippen LogP contribution in [-0.2, 0) is 4.79 Å². The monoisotopic (exact) mass is 390 g/mol. The van der Waals surface area contributed by atoms with Crippen LogP contribution in [0.2, 0.25) is 0 Å². The van der Waals surface area contributed by atoms with Gasteiger partial charge >= 0.3 is 29.6 Å². The summed E-state index contributed by atoms with van der Waals surface area (Å²) in [6, 6.07) is 7.77. The summed E-state index contributed by atoms with van der Waals surface area (Å²) < 4.78 is 6.18. The molecular weight excluding hydrogens is 359 g/mol. The quantitative estimate of drug-likeness (QED) is 0.546. The van der Waals surface area contributed by atoms with Gasteiger partial charge in [-0.3, -0.25) is 0 Å². The van der Waals surface area contributed by atoms with Crippen molar-refractivity contribution in [1.29, 1.82) is 0 Å². The number of carbonyl (C=O) groups excluding carboxylic acids is 1. The average Bonchev–Trinajstić information content (AvgIpc) is 2.68. The van der Waals surface area contributed by atoms with Gasteiger partial charge in [-0.1, -0.05) is 50.2 Å². The summed E-state index contributed by atoms with van der Waals surface area (Å²) in [4.78, 5) is 10.9. The number of benzene rings is 1. The molecule has 0 amide bonds. The zero-order chi connectivity index (χ0) is 19.1. The number of aliphatic carboxylic acids is 1. The summed E-state index contributed by atoms with van der Waals surface area (Å²) in [5.74, 6) is 5.92. The Kier molecular flexibility index (Phi) is 9.41. The molecule has 0 N–H and O–H groups in total.